The normalized spacial score (nSPS) is 15.0. The van der Waals surface area contributed by atoms with E-state index in [9.17, 15) is 13.2 Å². The van der Waals surface area contributed by atoms with Crippen LogP contribution in [0.1, 0.15) is 28.8 Å². The van der Waals surface area contributed by atoms with Gasteiger partial charge in [-0.1, -0.05) is 29.3 Å². The summed E-state index contributed by atoms with van der Waals surface area (Å²) in [6, 6.07) is 9.08. The maximum atomic E-state index is 12.7. The van der Waals surface area contributed by atoms with E-state index in [0.717, 1.165) is 12.8 Å². The van der Waals surface area contributed by atoms with Crippen LogP contribution in [-0.2, 0) is 16.6 Å². The predicted octanol–water partition coefficient (Wildman–Crippen LogP) is 3.46. The minimum Gasteiger partial charge on any atom is -0.488 e. The molecule has 0 spiro atoms. The van der Waals surface area contributed by atoms with Crippen LogP contribution in [0.15, 0.2) is 41.3 Å². The molecule has 0 unspecified atom stereocenters. The number of ether oxygens (including phenoxy) is 1. The third kappa shape index (κ3) is 4.38. The van der Waals surface area contributed by atoms with Gasteiger partial charge in [-0.2, -0.15) is 4.31 Å². The quantitative estimate of drug-likeness (QED) is 0.762. The van der Waals surface area contributed by atoms with E-state index in [-0.39, 0.29) is 22.8 Å². The van der Waals surface area contributed by atoms with Crippen molar-refractivity contribution in [1.29, 1.82) is 0 Å². The molecule has 0 radical (unpaired) electrons. The summed E-state index contributed by atoms with van der Waals surface area (Å²) in [4.78, 5) is 11.9. The number of amides is 1. The molecular weight excluding hydrogens is 411 g/mol. The van der Waals surface area contributed by atoms with Crippen LogP contribution in [0.25, 0.3) is 0 Å². The van der Waals surface area contributed by atoms with E-state index >= 15 is 0 Å². The van der Waals surface area contributed by atoms with Gasteiger partial charge in [0, 0.05) is 28.7 Å². The predicted molar refractivity (Wildman–Crippen MR) is 104 cm³/mol. The van der Waals surface area contributed by atoms with E-state index < -0.39 is 15.9 Å². The number of nitrogens with two attached hydrogens (primary N) is 1. The summed E-state index contributed by atoms with van der Waals surface area (Å²) in [6.07, 6.45) is 1.65. The van der Waals surface area contributed by atoms with E-state index in [4.69, 9.17) is 33.7 Å². The Morgan fingerprint density at radius 3 is 2.44 bits per heavy atom. The van der Waals surface area contributed by atoms with E-state index in [1.165, 1.54) is 22.5 Å². The van der Waals surface area contributed by atoms with Crippen molar-refractivity contribution in [3.8, 4) is 5.75 Å². The summed E-state index contributed by atoms with van der Waals surface area (Å²) < 4.78 is 32.4. The van der Waals surface area contributed by atoms with Crippen molar-refractivity contribution in [2.45, 2.75) is 24.3 Å². The maximum absolute atomic E-state index is 12.7. The number of rotatable bonds is 6. The van der Waals surface area contributed by atoms with Crippen molar-refractivity contribution in [3.05, 3.63) is 57.6 Å². The van der Waals surface area contributed by atoms with Crippen LogP contribution in [0, 0.1) is 0 Å². The summed E-state index contributed by atoms with van der Waals surface area (Å²) in [5.74, 6) is -0.584. The highest BCUT2D eigenvalue weighted by Crippen LogP contribution is 2.28. The zero-order valence-electron chi connectivity index (χ0n) is 14.3. The van der Waals surface area contributed by atoms with Crippen LogP contribution in [0.4, 0.5) is 0 Å². The lowest BCUT2D eigenvalue weighted by Gasteiger charge is -2.17. The molecule has 0 aromatic heterocycles. The highest BCUT2D eigenvalue weighted by atomic mass is 35.5. The Kier molecular flexibility index (Phi) is 5.95. The molecule has 27 heavy (non-hydrogen) atoms. The number of hydrogen-bond donors (Lipinski definition) is 1. The Morgan fingerprint density at radius 1 is 1.11 bits per heavy atom. The Balaban J connectivity index is 1.87. The Labute approximate surface area is 167 Å². The van der Waals surface area contributed by atoms with Crippen LogP contribution in [0.3, 0.4) is 0 Å². The van der Waals surface area contributed by atoms with Gasteiger partial charge >= 0.3 is 0 Å². The van der Waals surface area contributed by atoms with Crippen molar-refractivity contribution >= 4 is 39.1 Å². The molecule has 1 aliphatic heterocycles. The summed E-state index contributed by atoms with van der Waals surface area (Å²) in [5.41, 5.74) is 6.10. The molecule has 144 valence electrons. The van der Waals surface area contributed by atoms with Crippen molar-refractivity contribution in [2.75, 3.05) is 13.1 Å². The first-order chi connectivity index (χ1) is 12.8. The van der Waals surface area contributed by atoms with Crippen molar-refractivity contribution in [3.63, 3.8) is 0 Å². The van der Waals surface area contributed by atoms with E-state index in [2.05, 4.69) is 0 Å². The lowest BCUT2D eigenvalue weighted by atomic mass is 10.2. The summed E-state index contributed by atoms with van der Waals surface area (Å²) >= 11 is 12.0. The molecular formula is C18H18Cl2N2O4S. The number of carbonyl (C=O) groups is 1. The van der Waals surface area contributed by atoms with Crippen LogP contribution in [0.2, 0.25) is 10.0 Å². The number of benzene rings is 2. The van der Waals surface area contributed by atoms with Crippen LogP contribution < -0.4 is 10.5 Å². The maximum Gasteiger partial charge on any atom is 0.252 e. The molecule has 1 amide bonds. The zero-order valence-corrected chi connectivity index (χ0v) is 16.6. The smallest absolute Gasteiger partial charge is 0.252 e. The molecule has 0 aliphatic carbocycles. The average molecular weight is 429 g/mol. The zero-order chi connectivity index (χ0) is 19.6. The number of hydrogen-bond acceptors (Lipinski definition) is 4. The molecule has 2 aromatic carbocycles. The van der Waals surface area contributed by atoms with Crippen molar-refractivity contribution in [2.24, 2.45) is 5.73 Å². The van der Waals surface area contributed by atoms with E-state index in [1.54, 1.807) is 18.2 Å². The number of nitrogens with zero attached hydrogens (tertiary/aromatic N) is 1. The van der Waals surface area contributed by atoms with Crippen molar-refractivity contribution in [1.82, 2.24) is 4.31 Å². The molecule has 1 fully saturated rings. The first-order valence-electron chi connectivity index (χ1n) is 8.30. The van der Waals surface area contributed by atoms with Gasteiger partial charge in [-0.3, -0.25) is 4.79 Å². The second kappa shape index (κ2) is 8.06. The standard InChI is InChI=1S/C18H18Cl2N2O4S/c19-13-4-3-12(16(20)9-13)11-26-17-6-5-14(10-15(17)18(21)23)27(24,25)22-7-1-2-8-22/h3-6,9-10H,1-2,7-8,11H2,(H2,21,23). The molecule has 1 aliphatic rings. The number of primary amides is 1. The van der Waals surface area contributed by atoms with Crippen LogP contribution >= 0.6 is 23.2 Å². The Bertz CT molecular complexity index is 973. The Hall–Kier alpha value is -1.80. The summed E-state index contributed by atoms with van der Waals surface area (Å²) in [7, 11) is -3.66. The molecule has 3 rings (SSSR count). The fraction of sp³-hybridized carbons (Fsp3) is 0.278. The SMILES string of the molecule is NC(=O)c1cc(S(=O)(=O)N2CCCC2)ccc1OCc1ccc(Cl)cc1Cl. The van der Waals surface area contributed by atoms with Gasteiger partial charge in [-0.05, 0) is 43.2 Å². The number of carbonyl (C=O) groups excluding carboxylic acids is 1. The minimum atomic E-state index is -3.66. The second-order valence-electron chi connectivity index (χ2n) is 6.16. The van der Waals surface area contributed by atoms with Gasteiger partial charge in [0.25, 0.3) is 5.91 Å². The van der Waals surface area contributed by atoms with Gasteiger partial charge in [0.05, 0.1) is 10.5 Å². The first kappa shape index (κ1) is 19.9. The summed E-state index contributed by atoms with van der Waals surface area (Å²) in [6.45, 7) is 1.03. The highest BCUT2D eigenvalue weighted by Gasteiger charge is 2.28. The fourth-order valence-corrected chi connectivity index (χ4v) is 4.87. The van der Waals surface area contributed by atoms with Gasteiger partial charge in [0.15, 0.2) is 0 Å². The van der Waals surface area contributed by atoms with E-state index in [0.29, 0.717) is 28.7 Å². The molecule has 9 heteroatoms. The van der Waals surface area contributed by atoms with Crippen LogP contribution in [0.5, 0.6) is 5.75 Å². The lowest BCUT2D eigenvalue weighted by Crippen LogP contribution is -2.28. The highest BCUT2D eigenvalue weighted by molar-refractivity contribution is 7.89. The molecule has 6 nitrogen and oxygen atoms in total. The molecule has 0 bridgehead atoms. The second-order valence-corrected chi connectivity index (χ2v) is 8.94. The topological polar surface area (TPSA) is 89.7 Å². The average Bonchev–Trinajstić information content (AvgIpc) is 3.16. The lowest BCUT2D eigenvalue weighted by molar-refractivity contribution is 0.0995. The molecule has 0 saturated carbocycles. The van der Waals surface area contributed by atoms with E-state index in [1.807, 2.05) is 0 Å². The first-order valence-corrected chi connectivity index (χ1v) is 10.5. The fourth-order valence-electron chi connectivity index (χ4n) is 2.86. The molecule has 2 aromatic rings. The molecule has 1 heterocycles. The Morgan fingerprint density at radius 2 is 1.81 bits per heavy atom. The third-order valence-corrected chi connectivity index (χ3v) is 6.80. The van der Waals surface area contributed by atoms with Gasteiger partial charge in [-0.15, -0.1) is 0 Å². The van der Waals surface area contributed by atoms with Gasteiger partial charge < -0.3 is 10.5 Å². The molecule has 0 atom stereocenters. The van der Waals surface area contributed by atoms with Gasteiger partial charge in [0.1, 0.15) is 12.4 Å². The van der Waals surface area contributed by atoms with Gasteiger partial charge in [-0.25, -0.2) is 8.42 Å². The van der Waals surface area contributed by atoms with Gasteiger partial charge in [0.2, 0.25) is 10.0 Å². The third-order valence-electron chi connectivity index (χ3n) is 4.32. The molecule has 2 N–H and O–H groups in total. The monoisotopic (exact) mass is 428 g/mol. The number of sulfonamides is 1. The van der Waals surface area contributed by atoms with Crippen molar-refractivity contribution < 1.29 is 17.9 Å². The summed E-state index contributed by atoms with van der Waals surface area (Å²) in [5, 5.41) is 0.925. The minimum absolute atomic E-state index is 0.000331. The largest absolute Gasteiger partial charge is 0.488 e. The number of halogens is 2. The molecule has 1 saturated heterocycles. The van der Waals surface area contributed by atoms with Crippen LogP contribution in [-0.4, -0.2) is 31.7 Å².